The highest BCUT2D eigenvalue weighted by Gasteiger charge is 2.11. The van der Waals surface area contributed by atoms with Gasteiger partial charge in [-0.25, -0.2) is 0 Å². The van der Waals surface area contributed by atoms with E-state index in [4.69, 9.17) is 10.2 Å². The van der Waals surface area contributed by atoms with Crippen molar-refractivity contribution in [2.75, 3.05) is 26.3 Å². The van der Waals surface area contributed by atoms with Crippen molar-refractivity contribution >= 4 is 0 Å². The second kappa shape index (κ2) is 12.4. The van der Waals surface area contributed by atoms with E-state index in [-0.39, 0.29) is 26.3 Å². The third-order valence-electron chi connectivity index (χ3n) is 2.85. The number of rotatable bonds is 12. The van der Waals surface area contributed by atoms with Crippen molar-refractivity contribution < 1.29 is 20.4 Å². The third-order valence-corrected chi connectivity index (χ3v) is 2.85. The van der Waals surface area contributed by atoms with Crippen LogP contribution in [0.25, 0.3) is 0 Å². The number of aliphatic hydroxyl groups is 4. The molecule has 0 heterocycles. The van der Waals surface area contributed by atoms with Gasteiger partial charge in [0, 0.05) is 13.1 Å². The lowest BCUT2D eigenvalue weighted by molar-refractivity contribution is 0.0393. The van der Waals surface area contributed by atoms with Crippen molar-refractivity contribution in [2.24, 2.45) is 0 Å². The quantitative estimate of drug-likeness (QED) is 0.389. The molecular weight excluding hydrogens is 246 g/mol. The summed E-state index contributed by atoms with van der Waals surface area (Å²) in [5.41, 5.74) is 0. The molecule has 4 N–H and O–H groups in total. The lowest BCUT2D eigenvalue weighted by Gasteiger charge is -2.24. The van der Waals surface area contributed by atoms with Crippen molar-refractivity contribution in [3.8, 4) is 0 Å². The fourth-order valence-electron chi connectivity index (χ4n) is 1.77. The Hall–Kier alpha value is -0.620. The maximum absolute atomic E-state index is 9.42. The fraction of sp³-hybridized carbons (Fsp3) is 0.857. The van der Waals surface area contributed by atoms with Crippen LogP contribution in [0.5, 0.6) is 0 Å². The molecule has 0 aliphatic rings. The number of hydrogen-bond donors (Lipinski definition) is 4. The van der Waals surface area contributed by atoms with Crippen LogP contribution in [-0.4, -0.2) is 63.8 Å². The lowest BCUT2D eigenvalue weighted by atomic mass is 10.1. The van der Waals surface area contributed by atoms with E-state index >= 15 is 0 Å². The average molecular weight is 275 g/mol. The number of allylic oxidation sites excluding steroid dienone is 1. The van der Waals surface area contributed by atoms with Crippen molar-refractivity contribution in [3.05, 3.63) is 12.3 Å². The molecule has 0 aromatic rings. The van der Waals surface area contributed by atoms with E-state index in [1.807, 2.05) is 12.3 Å². The summed E-state index contributed by atoms with van der Waals surface area (Å²) in [4.78, 5) is 1.72. The van der Waals surface area contributed by atoms with E-state index in [2.05, 4.69) is 6.92 Å². The molecule has 0 bridgehead atoms. The molecule has 0 aliphatic heterocycles. The molecule has 0 rings (SSSR count). The van der Waals surface area contributed by atoms with Crippen LogP contribution in [0.3, 0.4) is 0 Å². The minimum Gasteiger partial charge on any atom is -0.394 e. The molecule has 0 aliphatic carbocycles. The molecule has 5 heteroatoms. The Kier molecular flexibility index (Phi) is 12.0. The molecule has 0 fully saturated rings. The topological polar surface area (TPSA) is 84.2 Å². The smallest absolute Gasteiger partial charge is 0.0945 e. The van der Waals surface area contributed by atoms with E-state index in [0.717, 1.165) is 12.8 Å². The van der Waals surface area contributed by atoms with E-state index in [1.54, 1.807) is 4.90 Å². The predicted octanol–water partition coefficient (Wildman–Crippen LogP) is 0.479. The molecule has 19 heavy (non-hydrogen) atoms. The Morgan fingerprint density at radius 2 is 1.53 bits per heavy atom. The first kappa shape index (κ1) is 18.4. The molecule has 0 saturated heterocycles. The minimum atomic E-state index is -0.837. The first-order valence-electron chi connectivity index (χ1n) is 7.12. The second-order valence-electron chi connectivity index (χ2n) is 4.86. The Morgan fingerprint density at radius 1 is 0.947 bits per heavy atom. The van der Waals surface area contributed by atoms with Crippen LogP contribution < -0.4 is 0 Å². The lowest BCUT2D eigenvalue weighted by Crippen LogP contribution is -2.37. The Balaban J connectivity index is 4.05. The Bertz CT molecular complexity index is 211. The number of hydrogen-bond acceptors (Lipinski definition) is 5. The van der Waals surface area contributed by atoms with Gasteiger partial charge in [-0.2, -0.15) is 0 Å². The maximum Gasteiger partial charge on any atom is 0.0945 e. The largest absolute Gasteiger partial charge is 0.394 e. The summed E-state index contributed by atoms with van der Waals surface area (Å²) in [7, 11) is 0. The summed E-state index contributed by atoms with van der Waals surface area (Å²) in [6.07, 6.45) is 7.90. The molecule has 0 aromatic carbocycles. The predicted molar refractivity (Wildman–Crippen MR) is 75.7 cm³/mol. The van der Waals surface area contributed by atoms with Crippen LogP contribution >= 0.6 is 0 Å². The summed E-state index contributed by atoms with van der Waals surface area (Å²) in [5, 5.41) is 36.5. The van der Waals surface area contributed by atoms with Crippen LogP contribution in [0.2, 0.25) is 0 Å². The zero-order chi connectivity index (χ0) is 14.5. The van der Waals surface area contributed by atoms with Gasteiger partial charge in [-0.15, -0.1) is 0 Å². The van der Waals surface area contributed by atoms with Gasteiger partial charge in [-0.1, -0.05) is 32.3 Å². The van der Waals surface area contributed by atoms with E-state index in [1.165, 1.54) is 19.3 Å². The summed E-state index contributed by atoms with van der Waals surface area (Å²) in [5.74, 6) is 0. The Morgan fingerprint density at radius 3 is 2.00 bits per heavy atom. The summed E-state index contributed by atoms with van der Waals surface area (Å²) >= 11 is 0. The number of unbranched alkanes of at least 4 members (excludes halogenated alkanes) is 4. The van der Waals surface area contributed by atoms with Gasteiger partial charge in [0.25, 0.3) is 0 Å². The molecule has 0 aromatic heterocycles. The summed E-state index contributed by atoms with van der Waals surface area (Å²) in [6.45, 7) is 2.05. The molecule has 0 radical (unpaired) electrons. The molecule has 0 amide bonds. The highest BCUT2D eigenvalue weighted by Crippen LogP contribution is 2.04. The Labute approximate surface area is 116 Å². The second-order valence-corrected chi connectivity index (χ2v) is 4.86. The highest BCUT2D eigenvalue weighted by molar-refractivity contribution is 4.85. The first-order chi connectivity index (χ1) is 9.13. The van der Waals surface area contributed by atoms with E-state index in [0.29, 0.717) is 0 Å². The van der Waals surface area contributed by atoms with Crippen LogP contribution in [-0.2, 0) is 0 Å². The highest BCUT2D eigenvalue weighted by atomic mass is 16.3. The third kappa shape index (κ3) is 10.9. The standard InChI is InChI=1S/C14H29NO4/c1-2-3-4-5-6-7-8-15(9-13(18)11-16)10-14(19)12-17/h7-8,13-14,16-19H,2-6,9-12H2,1H3/b8-7-. The average Bonchev–Trinajstić information content (AvgIpc) is 2.41. The van der Waals surface area contributed by atoms with Crippen molar-refractivity contribution in [1.82, 2.24) is 4.90 Å². The van der Waals surface area contributed by atoms with E-state index < -0.39 is 12.2 Å². The van der Waals surface area contributed by atoms with Gasteiger partial charge >= 0.3 is 0 Å². The van der Waals surface area contributed by atoms with Gasteiger partial charge in [0.2, 0.25) is 0 Å². The first-order valence-corrected chi connectivity index (χ1v) is 7.12. The normalized spacial score (nSPS) is 14.8. The van der Waals surface area contributed by atoms with E-state index in [9.17, 15) is 10.2 Å². The summed E-state index contributed by atoms with van der Waals surface area (Å²) in [6, 6.07) is 0. The molecule has 5 nitrogen and oxygen atoms in total. The van der Waals surface area contributed by atoms with Crippen molar-refractivity contribution in [3.63, 3.8) is 0 Å². The SMILES string of the molecule is CCCCCC/C=C\N(CC(O)CO)CC(O)CO. The van der Waals surface area contributed by atoms with Crippen LogP contribution in [0.1, 0.15) is 39.0 Å². The maximum atomic E-state index is 9.42. The van der Waals surface area contributed by atoms with Gasteiger partial charge in [0.1, 0.15) is 0 Å². The number of aliphatic hydroxyl groups excluding tert-OH is 4. The molecule has 0 spiro atoms. The van der Waals surface area contributed by atoms with Crippen LogP contribution in [0, 0.1) is 0 Å². The van der Waals surface area contributed by atoms with Gasteiger partial charge in [-0.3, -0.25) is 0 Å². The molecule has 2 unspecified atom stereocenters. The van der Waals surface area contributed by atoms with Crippen molar-refractivity contribution in [1.29, 1.82) is 0 Å². The summed E-state index contributed by atoms with van der Waals surface area (Å²) < 4.78 is 0. The number of nitrogens with zero attached hydrogens (tertiary/aromatic N) is 1. The fourth-order valence-corrected chi connectivity index (χ4v) is 1.77. The minimum absolute atomic E-state index is 0.249. The molecular formula is C14H29NO4. The zero-order valence-electron chi connectivity index (χ0n) is 11.9. The molecule has 0 saturated carbocycles. The van der Waals surface area contributed by atoms with Crippen molar-refractivity contribution in [2.45, 2.75) is 51.2 Å². The van der Waals surface area contributed by atoms with Gasteiger partial charge < -0.3 is 25.3 Å². The zero-order valence-corrected chi connectivity index (χ0v) is 11.9. The van der Waals surface area contributed by atoms with Gasteiger partial charge in [0.05, 0.1) is 25.4 Å². The van der Waals surface area contributed by atoms with Gasteiger partial charge in [-0.05, 0) is 19.0 Å². The van der Waals surface area contributed by atoms with Crippen LogP contribution in [0.15, 0.2) is 12.3 Å². The monoisotopic (exact) mass is 275 g/mol. The van der Waals surface area contributed by atoms with Gasteiger partial charge in [0.15, 0.2) is 0 Å². The van der Waals surface area contributed by atoms with Crippen LogP contribution in [0.4, 0.5) is 0 Å². The molecule has 2 atom stereocenters. The molecule has 114 valence electrons.